The van der Waals surface area contributed by atoms with Crippen molar-refractivity contribution >= 4 is 10.9 Å². The first-order valence-electron chi connectivity index (χ1n) is 12.9. The SMILES string of the molecule is C[C@@H]1Cc2c([nH]c3ccccc23)[C@H]2Cc3c(F)cc(OCCN4CC(CF)C4)cc3OCC(F)(F)CN12. The molecule has 1 fully saturated rings. The van der Waals surface area contributed by atoms with Crippen molar-refractivity contribution in [2.24, 2.45) is 5.92 Å². The number of rotatable bonds is 5. The highest BCUT2D eigenvalue weighted by Crippen LogP contribution is 2.43. The largest absolute Gasteiger partial charge is 0.492 e. The molecule has 37 heavy (non-hydrogen) atoms. The van der Waals surface area contributed by atoms with Gasteiger partial charge in [-0.05, 0) is 25.0 Å². The minimum Gasteiger partial charge on any atom is -0.492 e. The number of ether oxygens (including phenoxy) is 2. The zero-order valence-corrected chi connectivity index (χ0v) is 20.8. The molecule has 1 saturated heterocycles. The molecule has 3 aliphatic rings. The van der Waals surface area contributed by atoms with E-state index in [4.69, 9.17) is 9.47 Å². The summed E-state index contributed by atoms with van der Waals surface area (Å²) in [6.07, 6.45) is 0.831. The lowest BCUT2D eigenvalue weighted by Gasteiger charge is -2.41. The van der Waals surface area contributed by atoms with Gasteiger partial charge in [0.25, 0.3) is 5.92 Å². The summed E-state index contributed by atoms with van der Waals surface area (Å²) in [6, 6.07) is 10.2. The normalized spacial score (nSPS) is 24.1. The van der Waals surface area contributed by atoms with Gasteiger partial charge in [-0.1, -0.05) is 18.2 Å². The smallest absolute Gasteiger partial charge is 0.293 e. The molecule has 0 bridgehead atoms. The Hall–Kier alpha value is -2.78. The Labute approximate surface area is 213 Å². The van der Waals surface area contributed by atoms with E-state index in [1.165, 1.54) is 12.1 Å². The lowest BCUT2D eigenvalue weighted by atomic mass is 9.88. The first-order chi connectivity index (χ1) is 17.8. The summed E-state index contributed by atoms with van der Waals surface area (Å²) < 4.78 is 69.7. The lowest BCUT2D eigenvalue weighted by Crippen LogP contribution is -2.49. The number of benzene rings is 2. The monoisotopic (exact) mass is 517 g/mol. The number of likely N-dealkylation sites (tertiary alicyclic amines) is 1. The van der Waals surface area contributed by atoms with Gasteiger partial charge in [0.2, 0.25) is 0 Å². The van der Waals surface area contributed by atoms with Crippen LogP contribution in [-0.4, -0.2) is 72.8 Å². The molecule has 1 N–H and O–H groups in total. The van der Waals surface area contributed by atoms with Crippen LogP contribution in [0.2, 0.25) is 0 Å². The van der Waals surface area contributed by atoms with Crippen LogP contribution in [0.3, 0.4) is 0 Å². The number of aromatic nitrogens is 1. The Bertz CT molecular complexity index is 1290. The van der Waals surface area contributed by atoms with Crippen molar-refractivity contribution < 1.29 is 27.0 Å². The van der Waals surface area contributed by atoms with E-state index in [1.54, 1.807) is 4.90 Å². The molecule has 0 aliphatic carbocycles. The van der Waals surface area contributed by atoms with E-state index in [1.807, 2.05) is 31.2 Å². The molecule has 2 atom stereocenters. The molecule has 0 unspecified atom stereocenters. The first kappa shape index (κ1) is 24.6. The number of halogens is 4. The van der Waals surface area contributed by atoms with Gasteiger partial charge in [0.1, 0.15) is 23.9 Å². The van der Waals surface area contributed by atoms with Crippen LogP contribution in [0.4, 0.5) is 17.6 Å². The van der Waals surface area contributed by atoms with Crippen molar-refractivity contribution in [3.8, 4) is 11.5 Å². The van der Waals surface area contributed by atoms with Gasteiger partial charge in [-0.15, -0.1) is 0 Å². The second kappa shape index (κ2) is 9.51. The van der Waals surface area contributed by atoms with Gasteiger partial charge >= 0.3 is 0 Å². The van der Waals surface area contributed by atoms with Gasteiger partial charge in [0.15, 0.2) is 6.61 Å². The molecule has 6 rings (SSSR count). The van der Waals surface area contributed by atoms with Crippen LogP contribution in [0.15, 0.2) is 36.4 Å². The molecule has 3 aromatic rings. The third-order valence-corrected chi connectivity index (χ3v) is 7.95. The summed E-state index contributed by atoms with van der Waals surface area (Å²) in [6.45, 7) is 2.57. The Morgan fingerprint density at radius 3 is 2.76 bits per heavy atom. The number of aromatic amines is 1. The highest BCUT2D eigenvalue weighted by molar-refractivity contribution is 5.85. The molecule has 0 spiro atoms. The van der Waals surface area contributed by atoms with Crippen LogP contribution >= 0.6 is 0 Å². The fraction of sp³-hybridized carbons (Fsp3) is 0.500. The van der Waals surface area contributed by atoms with Crippen molar-refractivity contribution in [1.82, 2.24) is 14.8 Å². The van der Waals surface area contributed by atoms with Crippen molar-refractivity contribution in [3.63, 3.8) is 0 Å². The van der Waals surface area contributed by atoms with E-state index in [2.05, 4.69) is 9.88 Å². The summed E-state index contributed by atoms with van der Waals surface area (Å²) >= 11 is 0. The number of alkyl halides is 3. The van der Waals surface area contributed by atoms with Gasteiger partial charge in [-0.3, -0.25) is 14.2 Å². The van der Waals surface area contributed by atoms with E-state index in [0.717, 1.165) is 22.2 Å². The fourth-order valence-electron chi connectivity index (χ4n) is 6.03. The highest BCUT2D eigenvalue weighted by atomic mass is 19.3. The Balaban J connectivity index is 1.31. The predicted molar refractivity (Wildman–Crippen MR) is 133 cm³/mol. The average molecular weight is 518 g/mol. The molecule has 1 aromatic heterocycles. The van der Waals surface area contributed by atoms with Crippen LogP contribution < -0.4 is 9.47 Å². The van der Waals surface area contributed by atoms with E-state index >= 15 is 13.2 Å². The third-order valence-electron chi connectivity index (χ3n) is 7.95. The zero-order valence-electron chi connectivity index (χ0n) is 20.8. The number of hydrogen-bond donors (Lipinski definition) is 1. The molecule has 9 heteroatoms. The summed E-state index contributed by atoms with van der Waals surface area (Å²) in [5.74, 6) is -3.24. The van der Waals surface area contributed by atoms with Crippen molar-refractivity contribution in [1.29, 1.82) is 0 Å². The summed E-state index contributed by atoms with van der Waals surface area (Å²) in [7, 11) is 0. The molecule has 0 radical (unpaired) electrons. The molecule has 3 aliphatic heterocycles. The standard InChI is InChI=1S/C28H31F4N3O2/c1-17-8-21-20-4-2-3-5-24(20)33-27(21)25-11-22-23(30)9-19(36-7-6-34-13-18(12-29)14-34)10-26(22)37-16-28(31,32)15-35(17)25/h2-5,9-10,17-18,25,33H,6-8,11-16H2,1H3/t17-,25-/m1/s1. The Kier molecular flexibility index (Phi) is 6.31. The van der Waals surface area contributed by atoms with Gasteiger partial charge in [0.05, 0.1) is 19.3 Å². The number of fused-ring (bicyclic) bond motifs is 6. The minimum absolute atomic E-state index is 0.0766. The number of H-pyrrole nitrogens is 1. The summed E-state index contributed by atoms with van der Waals surface area (Å²) in [4.78, 5) is 7.30. The van der Waals surface area contributed by atoms with E-state index in [9.17, 15) is 4.39 Å². The molecule has 4 heterocycles. The maximum absolute atomic E-state index is 15.5. The van der Waals surface area contributed by atoms with E-state index < -0.39 is 30.9 Å². The number of nitrogens with one attached hydrogen (secondary N) is 1. The fourth-order valence-corrected chi connectivity index (χ4v) is 6.03. The summed E-state index contributed by atoms with van der Waals surface area (Å²) in [5, 5.41) is 1.08. The molecule has 0 amide bonds. The summed E-state index contributed by atoms with van der Waals surface area (Å²) in [5.41, 5.74) is 3.20. The van der Waals surface area contributed by atoms with Gasteiger partial charge in [-0.25, -0.2) is 13.2 Å². The predicted octanol–water partition coefficient (Wildman–Crippen LogP) is 5.15. The molecular weight excluding hydrogens is 486 g/mol. The van der Waals surface area contributed by atoms with Crippen molar-refractivity contribution in [2.75, 3.05) is 46.1 Å². The lowest BCUT2D eigenvalue weighted by molar-refractivity contribution is -0.0807. The van der Waals surface area contributed by atoms with Gasteiger partial charge in [0, 0.05) is 72.3 Å². The van der Waals surface area contributed by atoms with Gasteiger partial charge < -0.3 is 14.5 Å². The van der Waals surface area contributed by atoms with E-state index in [0.29, 0.717) is 32.7 Å². The Morgan fingerprint density at radius 1 is 1.14 bits per heavy atom. The van der Waals surface area contributed by atoms with E-state index in [-0.39, 0.29) is 42.1 Å². The molecule has 2 aromatic carbocycles. The first-order valence-corrected chi connectivity index (χ1v) is 12.9. The highest BCUT2D eigenvalue weighted by Gasteiger charge is 2.43. The molecule has 0 saturated carbocycles. The second-order valence-electron chi connectivity index (χ2n) is 10.7. The van der Waals surface area contributed by atoms with Crippen LogP contribution in [0, 0.1) is 11.7 Å². The third kappa shape index (κ3) is 4.68. The average Bonchev–Trinajstić information content (AvgIpc) is 3.22. The molecule has 5 nitrogen and oxygen atoms in total. The Morgan fingerprint density at radius 2 is 1.95 bits per heavy atom. The number of nitrogens with zero attached hydrogens (tertiary/aromatic N) is 2. The van der Waals surface area contributed by atoms with Crippen LogP contribution in [-0.2, 0) is 12.8 Å². The maximum atomic E-state index is 15.5. The number of hydrogen-bond acceptors (Lipinski definition) is 4. The maximum Gasteiger partial charge on any atom is 0.293 e. The van der Waals surface area contributed by atoms with Gasteiger partial charge in [-0.2, -0.15) is 0 Å². The minimum atomic E-state index is -3.12. The number of para-hydroxylation sites is 1. The van der Waals surface area contributed by atoms with Crippen LogP contribution in [0.25, 0.3) is 10.9 Å². The van der Waals surface area contributed by atoms with Crippen LogP contribution in [0.1, 0.15) is 29.8 Å². The molecular formula is C28H31F4N3O2. The van der Waals surface area contributed by atoms with Crippen molar-refractivity contribution in [2.45, 2.75) is 37.8 Å². The quantitative estimate of drug-likeness (QED) is 0.476. The second-order valence-corrected chi connectivity index (χ2v) is 10.7. The zero-order chi connectivity index (χ0) is 25.7. The van der Waals surface area contributed by atoms with Crippen LogP contribution in [0.5, 0.6) is 11.5 Å². The molecule has 198 valence electrons. The van der Waals surface area contributed by atoms with Crippen molar-refractivity contribution in [3.05, 3.63) is 59.0 Å². The topological polar surface area (TPSA) is 40.7 Å².